The summed E-state index contributed by atoms with van der Waals surface area (Å²) in [5, 5.41) is 9.58. The highest BCUT2D eigenvalue weighted by Gasteiger charge is 2.32. The quantitative estimate of drug-likeness (QED) is 0.627. The highest BCUT2D eigenvalue weighted by atomic mass is 35.5. The monoisotopic (exact) mass is 457 g/mol. The van der Waals surface area contributed by atoms with Crippen LogP contribution in [0.1, 0.15) is 42.2 Å². The Hall–Kier alpha value is -2.03. The van der Waals surface area contributed by atoms with Gasteiger partial charge in [-0.1, -0.05) is 25.4 Å². The molecule has 1 aliphatic heterocycles. The van der Waals surface area contributed by atoms with E-state index in [9.17, 15) is 14.7 Å². The molecule has 2 heterocycles. The molecule has 0 fully saturated rings. The van der Waals surface area contributed by atoms with Gasteiger partial charge in [0.1, 0.15) is 11.3 Å². The third-order valence-electron chi connectivity index (χ3n) is 5.13. The van der Waals surface area contributed by atoms with Crippen LogP contribution in [-0.2, 0) is 11.2 Å². The number of pyridine rings is 1. The summed E-state index contributed by atoms with van der Waals surface area (Å²) in [7, 11) is 1.61. The Morgan fingerprint density at radius 1 is 1.37 bits per heavy atom. The molecule has 3 rings (SSSR count). The summed E-state index contributed by atoms with van der Waals surface area (Å²) in [4.78, 5) is 23.7. The standard InChI is InChI=1S/C21H23ClFNO5.H2S/c1-11(2)16-7-12-8-17(29-6-4-5-28-3)15(22)9-13(12)19-18(23)20(25)14(21(26)27)10-24(16)19;/h8-11,16H,4-7H2,1-3H3,(H,26,27);1H2/t16-;/m0./s1. The average molecular weight is 458 g/mol. The molecule has 1 aromatic heterocycles. The maximum absolute atomic E-state index is 15.1. The summed E-state index contributed by atoms with van der Waals surface area (Å²) in [6.45, 7) is 4.92. The summed E-state index contributed by atoms with van der Waals surface area (Å²) in [6.07, 6.45) is 2.47. The first-order valence-electron chi connectivity index (χ1n) is 9.38. The molecule has 0 amide bonds. The zero-order valence-corrected chi connectivity index (χ0v) is 18.8. The summed E-state index contributed by atoms with van der Waals surface area (Å²) in [6, 6.07) is 3.14. The lowest BCUT2D eigenvalue weighted by Crippen LogP contribution is -2.30. The number of ether oxygens (including phenoxy) is 2. The van der Waals surface area contributed by atoms with Gasteiger partial charge in [0.15, 0.2) is 5.82 Å². The van der Waals surface area contributed by atoms with Gasteiger partial charge in [-0.3, -0.25) is 4.79 Å². The Labute approximate surface area is 186 Å². The molecular formula is C21H25ClFNO5S. The molecule has 1 atom stereocenters. The molecule has 0 unspecified atom stereocenters. The number of hydrogen-bond acceptors (Lipinski definition) is 4. The van der Waals surface area contributed by atoms with Gasteiger partial charge in [0.25, 0.3) is 0 Å². The molecular weight excluding hydrogens is 433 g/mol. The number of methoxy groups -OCH3 is 1. The molecule has 6 nitrogen and oxygen atoms in total. The summed E-state index contributed by atoms with van der Waals surface area (Å²) in [5.74, 6) is -1.97. The van der Waals surface area contributed by atoms with Gasteiger partial charge in [-0.15, -0.1) is 0 Å². The number of nitrogens with zero attached hydrogens (tertiary/aromatic N) is 1. The van der Waals surface area contributed by atoms with Crippen molar-refractivity contribution in [1.82, 2.24) is 4.57 Å². The van der Waals surface area contributed by atoms with Crippen LogP contribution in [0, 0.1) is 11.7 Å². The van der Waals surface area contributed by atoms with Crippen molar-refractivity contribution in [2.24, 2.45) is 5.92 Å². The Balaban J connectivity index is 0.00000320. The molecule has 0 saturated carbocycles. The van der Waals surface area contributed by atoms with Gasteiger partial charge in [-0.2, -0.15) is 13.5 Å². The average Bonchev–Trinajstić information content (AvgIpc) is 2.67. The van der Waals surface area contributed by atoms with E-state index in [1.807, 2.05) is 13.8 Å². The number of benzene rings is 1. The van der Waals surface area contributed by atoms with Crippen molar-refractivity contribution in [2.75, 3.05) is 20.3 Å². The summed E-state index contributed by atoms with van der Waals surface area (Å²) < 4.78 is 27.4. The second-order valence-corrected chi connectivity index (χ2v) is 7.80. The van der Waals surface area contributed by atoms with Crippen LogP contribution in [0.25, 0.3) is 11.3 Å². The van der Waals surface area contributed by atoms with Gasteiger partial charge in [0, 0.05) is 37.9 Å². The van der Waals surface area contributed by atoms with E-state index in [0.717, 1.165) is 5.56 Å². The van der Waals surface area contributed by atoms with Crippen molar-refractivity contribution < 1.29 is 23.8 Å². The van der Waals surface area contributed by atoms with E-state index in [1.54, 1.807) is 23.8 Å². The molecule has 1 N–H and O–H groups in total. The molecule has 9 heteroatoms. The van der Waals surface area contributed by atoms with E-state index >= 15 is 4.39 Å². The molecule has 0 bridgehead atoms. The Kier molecular flexibility index (Phi) is 7.96. The lowest BCUT2D eigenvalue weighted by molar-refractivity contribution is 0.0693. The number of carboxylic acid groups (broad SMARTS) is 1. The summed E-state index contributed by atoms with van der Waals surface area (Å²) >= 11 is 6.35. The third-order valence-corrected chi connectivity index (χ3v) is 5.42. The van der Waals surface area contributed by atoms with Crippen LogP contribution >= 0.6 is 25.1 Å². The lowest BCUT2D eigenvalue weighted by Gasteiger charge is -2.34. The number of halogens is 2. The van der Waals surface area contributed by atoms with Crippen molar-refractivity contribution in [1.29, 1.82) is 0 Å². The van der Waals surface area contributed by atoms with E-state index in [1.165, 1.54) is 6.20 Å². The third kappa shape index (κ3) is 4.50. The van der Waals surface area contributed by atoms with E-state index in [-0.39, 0.29) is 31.1 Å². The van der Waals surface area contributed by atoms with Crippen LogP contribution in [0.4, 0.5) is 4.39 Å². The largest absolute Gasteiger partial charge is 0.492 e. The molecule has 30 heavy (non-hydrogen) atoms. The van der Waals surface area contributed by atoms with Crippen LogP contribution in [0.15, 0.2) is 23.1 Å². The number of carboxylic acids is 1. The molecule has 164 valence electrons. The molecule has 0 radical (unpaired) electrons. The van der Waals surface area contributed by atoms with Crippen LogP contribution < -0.4 is 10.2 Å². The van der Waals surface area contributed by atoms with Gasteiger partial charge in [-0.05, 0) is 30.0 Å². The van der Waals surface area contributed by atoms with Gasteiger partial charge < -0.3 is 19.1 Å². The van der Waals surface area contributed by atoms with E-state index in [4.69, 9.17) is 21.1 Å². The van der Waals surface area contributed by atoms with Crippen molar-refractivity contribution in [2.45, 2.75) is 32.7 Å². The number of aromatic nitrogens is 1. The van der Waals surface area contributed by atoms with Crippen molar-refractivity contribution in [3.8, 4) is 17.0 Å². The Bertz CT molecular complexity index is 1010. The predicted molar refractivity (Wildman–Crippen MR) is 118 cm³/mol. The SMILES string of the molecule is COCCCOc1cc2c(cc1Cl)-c1c(F)c(=O)c(C(=O)O)cn1[C@H](C(C)C)C2.S. The smallest absolute Gasteiger partial charge is 0.341 e. The number of hydrogen-bond donors (Lipinski definition) is 1. The summed E-state index contributed by atoms with van der Waals surface area (Å²) in [5.41, 5.74) is -0.369. The number of aromatic carboxylic acids is 1. The Morgan fingerprint density at radius 2 is 2.07 bits per heavy atom. The van der Waals surface area contributed by atoms with Gasteiger partial charge in [0.2, 0.25) is 5.43 Å². The normalized spacial score (nSPS) is 14.7. The molecule has 0 saturated heterocycles. The molecule has 1 aliphatic rings. The van der Waals surface area contributed by atoms with Crippen LogP contribution in [0.2, 0.25) is 5.02 Å². The molecule has 0 aliphatic carbocycles. The lowest BCUT2D eigenvalue weighted by atomic mass is 9.87. The second-order valence-electron chi connectivity index (χ2n) is 7.40. The van der Waals surface area contributed by atoms with Crippen LogP contribution in [0.5, 0.6) is 5.75 Å². The molecule has 2 aromatic rings. The fourth-order valence-corrected chi connectivity index (χ4v) is 3.85. The number of fused-ring (bicyclic) bond motifs is 3. The first kappa shape index (κ1) is 24.2. The van der Waals surface area contributed by atoms with Crippen molar-refractivity contribution >= 4 is 31.1 Å². The minimum atomic E-state index is -1.45. The maximum atomic E-state index is 15.1. The van der Waals surface area contributed by atoms with Gasteiger partial charge >= 0.3 is 5.97 Å². The zero-order valence-electron chi connectivity index (χ0n) is 17.0. The highest BCUT2D eigenvalue weighted by Crippen LogP contribution is 2.42. The van der Waals surface area contributed by atoms with Crippen molar-refractivity contribution in [3.63, 3.8) is 0 Å². The number of rotatable bonds is 7. The highest BCUT2D eigenvalue weighted by molar-refractivity contribution is 7.59. The van der Waals surface area contributed by atoms with E-state index in [2.05, 4.69) is 0 Å². The predicted octanol–water partition coefficient (Wildman–Crippen LogP) is 4.29. The topological polar surface area (TPSA) is 77.8 Å². The molecule has 0 spiro atoms. The number of carbonyl (C=O) groups is 1. The molecule has 1 aromatic carbocycles. The van der Waals surface area contributed by atoms with E-state index in [0.29, 0.717) is 42.4 Å². The fraction of sp³-hybridized carbons (Fsp3) is 0.429. The minimum absolute atomic E-state index is 0. The van der Waals surface area contributed by atoms with Crippen LogP contribution in [0.3, 0.4) is 0 Å². The van der Waals surface area contributed by atoms with Gasteiger partial charge in [-0.25, -0.2) is 9.18 Å². The Morgan fingerprint density at radius 3 is 2.67 bits per heavy atom. The first-order valence-corrected chi connectivity index (χ1v) is 9.76. The fourth-order valence-electron chi connectivity index (χ4n) is 3.63. The minimum Gasteiger partial charge on any atom is -0.492 e. The van der Waals surface area contributed by atoms with Crippen LogP contribution in [-0.4, -0.2) is 36.0 Å². The van der Waals surface area contributed by atoms with Gasteiger partial charge in [0.05, 0.1) is 17.3 Å². The second kappa shape index (κ2) is 9.85. The maximum Gasteiger partial charge on any atom is 0.341 e. The zero-order chi connectivity index (χ0) is 21.3. The van der Waals surface area contributed by atoms with Crippen molar-refractivity contribution in [3.05, 3.63) is 50.5 Å². The first-order chi connectivity index (χ1) is 13.8. The van der Waals surface area contributed by atoms with E-state index < -0.39 is 22.8 Å².